The Morgan fingerprint density at radius 3 is 2.67 bits per heavy atom. The van der Waals surface area contributed by atoms with Crippen LogP contribution in [-0.2, 0) is 16.0 Å². The molecule has 0 saturated carbocycles. The van der Waals surface area contributed by atoms with Gasteiger partial charge < -0.3 is 15.4 Å². The van der Waals surface area contributed by atoms with Crippen LogP contribution in [0, 0.1) is 0 Å². The lowest BCUT2D eigenvalue weighted by molar-refractivity contribution is -0.116. The van der Waals surface area contributed by atoms with Crippen molar-refractivity contribution in [3.8, 4) is 5.75 Å². The van der Waals surface area contributed by atoms with E-state index in [2.05, 4.69) is 20.6 Å². The maximum Gasteiger partial charge on any atom is 0.234 e. The van der Waals surface area contributed by atoms with E-state index < -0.39 is 0 Å². The second kappa shape index (κ2) is 9.49. The molecular formula is C17H16N4O3S3. The molecule has 0 aliphatic carbocycles. The van der Waals surface area contributed by atoms with E-state index in [-0.39, 0.29) is 24.0 Å². The van der Waals surface area contributed by atoms with E-state index in [4.69, 9.17) is 4.74 Å². The largest absolute Gasteiger partial charge is 0.497 e. The molecule has 3 rings (SSSR count). The second-order valence-corrected chi connectivity index (χ2v) is 8.21. The molecule has 0 unspecified atom stereocenters. The van der Waals surface area contributed by atoms with Gasteiger partial charge in [0.1, 0.15) is 5.75 Å². The van der Waals surface area contributed by atoms with Gasteiger partial charge in [-0.05, 0) is 24.3 Å². The number of benzene rings is 1. The van der Waals surface area contributed by atoms with Gasteiger partial charge in [0.15, 0.2) is 9.47 Å². The Bertz CT molecular complexity index is 895. The van der Waals surface area contributed by atoms with E-state index in [1.54, 1.807) is 43.0 Å². The van der Waals surface area contributed by atoms with Crippen LogP contribution in [0.15, 0.2) is 45.6 Å². The number of aromatic nitrogens is 2. The topological polar surface area (TPSA) is 93.2 Å². The van der Waals surface area contributed by atoms with Crippen molar-refractivity contribution in [2.24, 2.45) is 0 Å². The van der Waals surface area contributed by atoms with Crippen LogP contribution >= 0.6 is 34.4 Å². The Labute approximate surface area is 168 Å². The van der Waals surface area contributed by atoms with Gasteiger partial charge in [0.2, 0.25) is 11.8 Å². The van der Waals surface area contributed by atoms with Gasteiger partial charge in [0.25, 0.3) is 0 Å². The van der Waals surface area contributed by atoms with E-state index in [9.17, 15) is 9.59 Å². The smallest absolute Gasteiger partial charge is 0.234 e. The van der Waals surface area contributed by atoms with Gasteiger partial charge in [-0.25, -0.2) is 9.97 Å². The third-order valence-corrected chi connectivity index (χ3v) is 6.01. The molecule has 140 valence electrons. The van der Waals surface area contributed by atoms with Gasteiger partial charge >= 0.3 is 0 Å². The first kappa shape index (κ1) is 19.3. The molecule has 1 aromatic carbocycles. The first-order chi connectivity index (χ1) is 13.1. The lowest BCUT2D eigenvalue weighted by atomic mass is 10.3. The maximum absolute atomic E-state index is 12.0. The Morgan fingerprint density at radius 1 is 1.15 bits per heavy atom. The lowest BCUT2D eigenvalue weighted by Gasteiger charge is -2.05. The van der Waals surface area contributed by atoms with Gasteiger partial charge in [-0.3, -0.25) is 9.59 Å². The summed E-state index contributed by atoms with van der Waals surface area (Å²) >= 11 is 4.12. The summed E-state index contributed by atoms with van der Waals surface area (Å²) in [5.41, 5.74) is 1.38. The number of rotatable bonds is 8. The summed E-state index contributed by atoms with van der Waals surface area (Å²) in [6.45, 7) is 0. The number of carbonyl (C=O) groups is 2. The first-order valence-electron chi connectivity index (χ1n) is 7.83. The Balaban J connectivity index is 1.44. The minimum atomic E-state index is -0.163. The summed E-state index contributed by atoms with van der Waals surface area (Å²) in [7, 11) is 1.59. The number of carbonyl (C=O) groups excluding carboxylic acids is 2. The van der Waals surface area contributed by atoms with Crippen molar-refractivity contribution < 1.29 is 14.3 Å². The maximum atomic E-state index is 12.0. The van der Waals surface area contributed by atoms with Gasteiger partial charge in [-0.2, -0.15) is 0 Å². The second-order valence-electron chi connectivity index (χ2n) is 5.23. The minimum Gasteiger partial charge on any atom is -0.497 e. The van der Waals surface area contributed by atoms with Crippen LogP contribution in [-0.4, -0.2) is 34.6 Å². The number of thiazole rings is 2. The normalized spacial score (nSPS) is 10.4. The monoisotopic (exact) mass is 420 g/mol. The van der Waals surface area contributed by atoms with Crippen molar-refractivity contribution in [1.29, 1.82) is 0 Å². The summed E-state index contributed by atoms with van der Waals surface area (Å²) in [6, 6.07) is 7.13. The van der Waals surface area contributed by atoms with Crippen molar-refractivity contribution >= 4 is 57.1 Å². The SMILES string of the molecule is COc1ccc(NC(=O)CSc2nc(CC(=O)Nc3nccs3)cs2)cc1. The molecule has 10 heteroatoms. The van der Waals surface area contributed by atoms with Crippen LogP contribution in [0.25, 0.3) is 0 Å². The molecule has 0 saturated heterocycles. The van der Waals surface area contributed by atoms with Gasteiger partial charge in [-0.15, -0.1) is 22.7 Å². The Hall–Kier alpha value is -2.43. The number of hydrogen-bond donors (Lipinski definition) is 2. The van der Waals surface area contributed by atoms with Crippen LogP contribution < -0.4 is 15.4 Å². The van der Waals surface area contributed by atoms with Crippen LogP contribution in [0.4, 0.5) is 10.8 Å². The minimum absolute atomic E-state index is 0.122. The molecule has 7 nitrogen and oxygen atoms in total. The average Bonchev–Trinajstić information content (AvgIpc) is 3.32. The van der Waals surface area contributed by atoms with Gasteiger partial charge in [0.05, 0.1) is 25.0 Å². The van der Waals surface area contributed by atoms with Crippen molar-refractivity contribution in [3.63, 3.8) is 0 Å². The van der Waals surface area contributed by atoms with E-state index in [1.807, 2.05) is 5.38 Å². The summed E-state index contributed by atoms with van der Waals surface area (Å²) in [5, 5.41) is 9.73. The molecule has 2 N–H and O–H groups in total. The van der Waals surface area contributed by atoms with E-state index in [0.717, 1.165) is 10.1 Å². The zero-order valence-corrected chi connectivity index (χ0v) is 16.7. The van der Waals surface area contributed by atoms with E-state index in [1.165, 1.54) is 34.4 Å². The van der Waals surface area contributed by atoms with Crippen molar-refractivity contribution in [1.82, 2.24) is 9.97 Å². The molecule has 0 radical (unpaired) electrons. The molecule has 3 aromatic rings. The van der Waals surface area contributed by atoms with Crippen LogP contribution in [0.5, 0.6) is 5.75 Å². The number of nitrogens with zero attached hydrogens (tertiary/aromatic N) is 2. The average molecular weight is 421 g/mol. The van der Waals surface area contributed by atoms with E-state index in [0.29, 0.717) is 16.5 Å². The third kappa shape index (κ3) is 6.05. The molecule has 0 spiro atoms. The molecule has 0 bridgehead atoms. The molecule has 2 amide bonds. The highest BCUT2D eigenvalue weighted by Crippen LogP contribution is 2.23. The summed E-state index contributed by atoms with van der Waals surface area (Å²) in [6.07, 6.45) is 1.81. The number of thioether (sulfide) groups is 1. The highest BCUT2D eigenvalue weighted by Gasteiger charge is 2.11. The summed E-state index contributed by atoms with van der Waals surface area (Å²) in [4.78, 5) is 32.4. The summed E-state index contributed by atoms with van der Waals surface area (Å²) in [5.74, 6) is 0.689. The van der Waals surface area contributed by atoms with Crippen molar-refractivity contribution in [2.75, 3.05) is 23.5 Å². The quantitative estimate of drug-likeness (QED) is 0.542. The first-order valence-corrected chi connectivity index (χ1v) is 10.6. The predicted octanol–water partition coefficient (Wildman–Crippen LogP) is 3.52. The number of amides is 2. The molecule has 0 fully saturated rings. The lowest BCUT2D eigenvalue weighted by Crippen LogP contribution is -2.14. The number of anilines is 2. The molecule has 0 atom stereocenters. The predicted molar refractivity (Wildman–Crippen MR) is 109 cm³/mol. The fourth-order valence-corrected chi connectivity index (χ4v) is 4.24. The molecule has 0 aliphatic rings. The zero-order chi connectivity index (χ0) is 19.1. The molecule has 2 aromatic heterocycles. The Kier molecular flexibility index (Phi) is 6.80. The highest BCUT2D eigenvalue weighted by molar-refractivity contribution is 8.01. The van der Waals surface area contributed by atoms with Crippen molar-refractivity contribution in [3.05, 3.63) is 46.9 Å². The van der Waals surface area contributed by atoms with Crippen LogP contribution in [0.2, 0.25) is 0 Å². The highest BCUT2D eigenvalue weighted by atomic mass is 32.2. The third-order valence-electron chi connectivity index (χ3n) is 3.25. The van der Waals surface area contributed by atoms with Crippen LogP contribution in [0.1, 0.15) is 5.69 Å². The standard InChI is InChI=1S/C17H16N4O3S3/c1-24-13-4-2-11(3-5-13)19-15(23)10-27-17-20-12(9-26-17)8-14(22)21-16-18-6-7-25-16/h2-7,9H,8,10H2,1H3,(H,19,23)(H,18,21,22). The number of ether oxygens (including phenoxy) is 1. The number of nitrogens with one attached hydrogen (secondary N) is 2. The molecular weight excluding hydrogens is 404 g/mol. The van der Waals surface area contributed by atoms with Gasteiger partial charge in [0, 0.05) is 22.6 Å². The van der Waals surface area contributed by atoms with Crippen LogP contribution in [0.3, 0.4) is 0 Å². The zero-order valence-electron chi connectivity index (χ0n) is 14.3. The fourth-order valence-electron chi connectivity index (χ4n) is 2.05. The van der Waals surface area contributed by atoms with Crippen molar-refractivity contribution in [2.45, 2.75) is 10.8 Å². The number of hydrogen-bond acceptors (Lipinski definition) is 8. The van der Waals surface area contributed by atoms with Gasteiger partial charge in [-0.1, -0.05) is 11.8 Å². The Morgan fingerprint density at radius 2 is 1.96 bits per heavy atom. The molecule has 27 heavy (non-hydrogen) atoms. The summed E-state index contributed by atoms with van der Waals surface area (Å²) < 4.78 is 5.83. The molecule has 2 heterocycles. The number of methoxy groups -OCH3 is 1. The van der Waals surface area contributed by atoms with E-state index >= 15 is 0 Å². The molecule has 0 aliphatic heterocycles. The fraction of sp³-hybridized carbons (Fsp3) is 0.176.